The second-order valence-corrected chi connectivity index (χ2v) is 15.0. The van der Waals surface area contributed by atoms with Crippen LogP contribution in [0.1, 0.15) is 26.2 Å². The minimum absolute atomic E-state index is 0.0113. The number of nitrogens with zero attached hydrogens (tertiary/aromatic N) is 4. The average molecular weight is 720 g/mol. The highest BCUT2D eigenvalue weighted by molar-refractivity contribution is 9.09. The number of likely N-dealkylation sites (tertiary alicyclic amines) is 1. The largest absolute Gasteiger partial charge is 0.494 e. The summed E-state index contributed by atoms with van der Waals surface area (Å²) in [5.74, 6) is -0.891. The number of aliphatic hydroxyl groups excluding tert-OH is 1. The maximum atomic E-state index is 14.7. The van der Waals surface area contributed by atoms with Crippen LogP contribution in [0.4, 0.5) is 5.69 Å². The van der Waals surface area contributed by atoms with E-state index in [1.165, 1.54) is 0 Å². The van der Waals surface area contributed by atoms with Crippen molar-refractivity contribution in [1.82, 2.24) is 14.7 Å². The lowest BCUT2D eigenvalue weighted by molar-refractivity contribution is -0.142. The van der Waals surface area contributed by atoms with Gasteiger partial charge in [0.15, 0.2) is 0 Å². The molecule has 4 aliphatic rings. The number of amides is 3. The predicted octanol–water partition coefficient (Wildman–Crippen LogP) is 3.19. The van der Waals surface area contributed by atoms with Crippen molar-refractivity contribution in [3.63, 3.8) is 0 Å². The normalized spacial score (nSPS) is 28.6. The Labute approximate surface area is 285 Å². The molecule has 4 heterocycles. The monoisotopic (exact) mass is 718 g/mol. The Morgan fingerprint density at radius 1 is 1.13 bits per heavy atom. The first kappa shape index (κ1) is 34.9. The molecule has 6 atom stereocenters. The third-order valence-electron chi connectivity index (χ3n) is 9.60. The number of halogens is 1. The van der Waals surface area contributed by atoms with Crippen molar-refractivity contribution in [2.24, 2.45) is 11.8 Å². The first-order valence-electron chi connectivity index (χ1n) is 16.4. The number of hydrogen-bond acceptors (Lipinski definition) is 8. The van der Waals surface area contributed by atoms with E-state index < -0.39 is 22.6 Å². The fourth-order valence-electron chi connectivity index (χ4n) is 7.55. The molecule has 4 saturated heterocycles. The molecule has 3 unspecified atom stereocenters. The summed E-state index contributed by atoms with van der Waals surface area (Å²) in [7, 11) is 0. The van der Waals surface area contributed by atoms with Crippen LogP contribution in [0.3, 0.4) is 0 Å². The van der Waals surface area contributed by atoms with Gasteiger partial charge in [-0.2, -0.15) is 0 Å². The molecule has 12 heteroatoms. The number of alkyl halides is 1. The average Bonchev–Trinajstić information content (AvgIpc) is 3.65. The smallest absolute Gasteiger partial charge is 0.247 e. The van der Waals surface area contributed by atoms with Crippen LogP contribution in [0, 0.1) is 11.8 Å². The fourth-order valence-corrected chi connectivity index (χ4v) is 11.2. The quantitative estimate of drug-likeness (QED) is 0.158. The number of ether oxygens (including phenoxy) is 2. The first-order chi connectivity index (χ1) is 22.3. The van der Waals surface area contributed by atoms with Crippen molar-refractivity contribution >= 4 is 51.1 Å². The lowest BCUT2D eigenvalue weighted by Gasteiger charge is -2.39. The second-order valence-electron chi connectivity index (χ2n) is 12.3. The third kappa shape index (κ3) is 6.78. The molecule has 4 fully saturated rings. The number of anilines is 1. The van der Waals surface area contributed by atoms with Gasteiger partial charge in [0.2, 0.25) is 17.7 Å². The van der Waals surface area contributed by atoms with Gasteiger partial charge in [-0.15, -0.1) is 24.9 Å². The van der Waals surface area contributed by atoms with Gasteiger partial charge in [0.1, 0.15) is 11.8 Å². The molecule has 4 aliphatic heterocycles. The summed E-state index contributed by atoms with van der Waals surface area (Å²) in [5.41, 5.74) is 0.708. The zero-order valence-corrected chi connectivity index (χ0v) is 29.1. The van der Waals surface area contributed by atoms with E-state index in [1.807, 2.05) is 36.1 Å². The number of thioether (sulfide) groups is 1. The van der Waals surface area contributed by atoms with Crippen LogP contribution < -0.4 is 9.64 Å². The van der Waals surface area contributed by atoms with Crippen molar-refractivity contribution in [1.29, 1.82) is 0 Å². The van der Waals surface area contributed by atoms with E-state index in [2.05, 4.69) is 34.0 Å². The Balaban J connectivity index is 1.47. The molecule has 3 amide bonds. The predicted molar refractivity (Wildman–Crippen MR) is 184 cm³/mol. The highest BCUT2D eigenvalue weighted by Gasteiger charge is 2.76. The Kier molecular flexibility index (Phi) is 11.9. The SMILES string of the molecule is C=CCN(CCN1CCOCC1)C(=O)C1N(CCCCO)C(=O)[C@@H]2[C@H](C(=O)N(CC=C)c3ccc(OCC)cc3)[C@H]3SC12CC3Br. The summed E-state index contributed by atoms with van der Waals surface area (Å²) in [4.78, 5) is 51.4. The number of aliphatic hydroxyl groups is 1. The Bertz CT molecular complexity index is 1260. The van der Waals surface area contributed by atoms with Gasteiger partial charge in [-0.25, -0.2) is 0 Å². The van der Waals surface area contributed by atoms with Crippen molar-refractivity contribution in [3.05, 3.63) is 49.6 Å². The minimum Gasteiger partial charge on any atom is -0.494 e. The highest BCUT2D eigenvalue weighted by Crippen LogP contribution is 2.68. The van der Waals surface area contributed by atoms with Gasteiger partial charge in [0.05, 0.1) is 36.4 Å². The van der Waals surface area contributed by atoms with Crippen LogP contribution in [0.5, 0.6) is 5.75 Å². The summed E-state index contributed by atoms with van der Waals surface area (Å²) in [6.07, 6.45) is 5.15. The van der Waals surface area contributed by atoms with Gasteiger partial charge in [0.25, 0.3) is 0 Å². The number of carbonyl (C=O) groups is 3. The lowest BCUT2D eigenvalue weighted by Crippen LogP contribution is -2.56. The standard InChI is InChI=1S/C34H47BrN4O6S/c1-4-13-37(17-16-36-18-21-44-22-19-36)33(43)30-34-23-26(35)29(46-34)27(28(34)32(42)39(30)15-7-8-20-40)31(41)38(14-5-2)24-9-11-25(12-10-24)45-6-3/h4-5,9-12,26-30,40H,1-2,6-8,13-23H2,3H3/t26?,27-,28-,29-,30?,34?/m0/s1. The number of hydrogen-bond donors (Lipinski definition) is 1. The maximum absolute atomic E-state index is 14.7. The van der Waals surface area contributed by atoms with Crippen molar-refractivity contribution in [2.45, 2.75) is 47.1 Å². The molecule has 0 radical (unpaired) electrons. The van der Waals surface area contributed by atoms with Crippen LogP contribution in [-0.2, 0) is 19.1 Å². The van der Waals surface area contributed by atoms with E-state index in [0.717, 1.165) is 18.8 Å². The summed E-state index contributed by atoms with van der Waals surface area (Å²) in [5, 5.41) is 9.38. The van der Waals surface area contributed by atoms with Crippen molar-refractivity contribution in [2.75, 3.05) is 77.1 Å². The van der Waals surface area contributed by atoms with Gasteiger partial charge < -0.3 is 29.3 Å². The summed E-state index contributed by atoms with van der Waals surface area (Å²) < 4.78 is 10.4. The Morgan fingerprint density at radius 3 is 2.50 bits per heavy atom. The van der Waals surface area contributed by atoms with Gasteiger partial charge in [-0.3, -0.25) is 19.3 Å². The van der Waals surface area contributed by atoms with E-state index in [9.17, 15) is 19.5 Å². The minimum atomic E-state index is -0.746. The van der Waals surface area contributed by atoms with Crippen LogP contribution in [0.15, 0.2) is 49.6 Å². The molecule has 1 N–H and O–H groups in total. The molecular formula is C34H47BrN4O6S. The lowest BCUT2D eigenvalue weighted by atomic mass is 9.70. The Hall–Kier alpha value is -2.38. The van der Waals surface area contributed by atoms with Crippen molar-refractivity contribution in [3.8, 4) is 5.75 Å². The number of carbonyl (C=O) groups excluding carboxylic acids is 3. The van der Waals surface area contributed by atoms with Crippen LogP contribution >= 0.6 is 27.7 Å². The second kappa shape index (κ2) is 15.7. The van der Waals surface area contributed by atoms with E-state index in [1.54, 1.807) is 33.7 Å². The maximum Gasteiger partial charge on any atom is 0.247 e. The molecule has 5 rings (SSSR count). The van der Waals surface area contributed by atoms with Gasteiger partial charge in [-0.05, 0) is 50.5 Å². The molecule has 0 aromatic heterocycles. The van der Waals surface area contributed by atoms with Crippen LogP contribution in [0.25, 0.3) is 0 Å². The van der Waals surface area contributed by atoms with Crippen molar-refractivity contribution < 1.29 is 29.0 Å². The highest BCUT2D eigenvalue weighted by atomic mass is 79.9. The Morgan fingerprint density at radius 2 is 1.85 bits per heavy atom. The fraction of sp³-hybridized carbons (Fsp3) is 0.618. The summed E-state index contributed by atoms with van der Waals surface area (Å²) in [6.45, 7) is 15.5. The first-order valence-corrected chi connectivity index (χ1v) is 18.2. The third-order valence-corrected chi connectivity index (χ3v) is 12.8. The summed E-state index contributed by atoms with van der Waals surface area (Å²) in [6, 6.07) is 6.70. The van der Waals surface area contributed by atoms with Gasteiger partial charge >= 0.3 is 0 Å². The molecule has 1 spiro atoms. The topological polar surface area (TPSA) is 103 Å². The van der Waals surface area contributed by atoms with Gasteiger partial charge in [0, 0.05) is 68.2 Å². The number of fused-ring (bicyclic) bond motifs is 1. The van der Waals surface area contributed by atoms with Crippen LogP contribution in [-0.4, -0.2) is 131 Å². The van der Waals surface area contributed by atoms with Gasteiger partial charge in [-0.1, -0.05) is 28.1 Å². The molecule has 10 nitrogen and oxygen atoms in total. The number of unbranched alkanes of at least 4 members (excludes halogenated alkanes) is 1. The zero-order valence-electron chi connectivity index (χ0n) is 26.7. The van der Waals surface area contributed by atoms with E-state index in [4.69, 9.17) is 9.47 Å². The molecule has 0 aliphatic carbocycles. The molecule has 2 bridgehead atoms. The zero-order chi connectivity index (χ0) is 32.8. The summed E-state index contributed by atoms with van der Waals surface area (Å²) >= 11 is 5.53. The number of morpholine rings is 1. The van der Waals surface area contributed by atoms with E-state index >= 15 is 0 Å². The molecule has 0 saturated carbocycles. The number of rotatable bonds is 16. The molecule has 1 aromatic carbocycles. The van der Waals surface area contributed by atoms with Crippen LogP contribution in [0.2, 0.25) is 0 Å². The van der Waals surface area contributed by atoms with E-state index in [0.29, 0.717) is 77.5 Å². The molecule has 1 aromatic rings. The molecule has 46 heavy (non-hydrogen) atoms. The molecular weight excluding hydrogens is 672 g/mol. The molecule has 252 valence electrons. The van der Waals surface area contributed by atoms with E-state index in [-0.39, 0.29) is 34.4 Å². The number of benzene rings is 1.